The molecule has 3 aromatic heterocycles. The summed E-state index contributed by atoms with van der Waals surface area (Å²) in [7, 11) is 0. The molecule has 0 spiro atoms. The van der Waals surface area contributed by atoms with Gasteiger partial charge in [0.2, 0.25) is 0 Å². The number of carboxylic acids is 2. The lowest BCUT2D eigenvalue weighted by atomic mass is 9.92. The summed E-state index contributed by atoms with van der Waals surface area (Å²) in [6.07, 6.45) is 1.11. The van der Waals surface area contributed by atoms with E-state index in [4.69, 9.17) is 9.97 Å². The van der Waals surface area contributed by atoms with Crippen LogP contribution in [0.5, 0.6) is 0 Å². The number of Topliss-reactive ketones (excluding diaryl/α,β-unsaturated/α-hetero) is 2. The maximum absolute atomic E-state index is 12.3. The molecule has 2 aliphatic rings. The number of rotatable bonds is 12. The van der Waals surface area contributed by atoms with Gasteiger partial charge in [-0.2, -0.15) is 0 Å². The monoisotopic (exact) mass is 678 g/mol. The molecule has 4 N–H and O–H groups in total. The molecule has 3 aromatic rings. The molecule has 0 saturated heterocycles. The minimum Gasteiger partial charge on any atom is -0.481 e. The number of ketones is 2. The average molecular weight is 679 g/mol. The molecule has 10 nitrogen and oxygen atoms in total. The van der Waals surface area contributed by atoms with Crippen LogP contribution < -0.4 is 0 Å². The predicted octanol–water partition coefficient (Wildman–Crippen LogP) is 8.69. The molecule has 0 fully saturated rings. The number of carboxylic acid groups (broad SMARTS) is 2. The van der Waals surface area contributed by atoms with Gasteiger partial charge in [-0.25, -0.2) is 9.97 Å². The highest BCUT2D eigenvalue weighted by atomic mass is 16.4. The van der Waals surface area contributed by atoms with Crippen molar-refractivity contribution in [1.82, 2.24) is 19.9 Å². The molecule has 8 bridgehead atoms. The first kappa shape index (κ1) is 36.2. The van der Waals surface area contributed by atoms with Crippen LogP contribution in [0.25, 0.3) is 44.4 Å². The van der Waals surface area contributed by atoms with Crippen LogP contribution in [0.15, 0.2) is 24.3 Å². The van der Waals surface area contributed by atoms with E-state index in [1.165, 1.54) is 0 Å². The van der Waals surface area contributed by atoms with E-state index in [9.17, 15) is 29.4 Å². The van der Waals surface area contributed by atoms with E-state index in [1.807, 2.05) is 52.8 Å². The fourth-order valence-electron chi connectivity index (χ4n) is 7.58. The number of hydrogen-bond donors (Lipinski definition) is 4. The normalized spacial score (nSPS) is 14.2. The van der Waals surface area contributed by atoms with Crippen LogP contribution in [0.3, 0.4) is 0 Å². The Bertz CT molecular complexity index is 2160. The van der Waals surface area contributed by atoms with Crippen LogP contribution in [0.1, 0.15) is 137 Å². The second kappa shape index (κ2) is 14.4. The number of hydrogen-bond acceptors (Lipinski definition) is 6. The van der Waals surface area contributed by atoms with Gasteiger partial charge in [0.15, 0.2) is 0 Å². The van der Waals surface area contributed by atoms with Gasteiger partial charge in [0.05, 0.1) is 22.8 Å². The predicted molar refractivity (Wildman–Crippen MR) is 197 cm³/mol. The number of allylic oxidation sites excluding steroid dienone is 4. The number of fused-ring (bicyclic) bond motifs is 8. The first-order chi connectivity index (χ1) is 23.5. The lowest BCUT2D eigenvalue weighted by Gasteiger charge is -2.10. The fraction of sp³-hybridized carbons (Fsp3) is 0.400. The first-order valence-corrected chi connectivity index (χ1v) is 17.1. The maximum Gasteiger partial charge on any atom is 0.303 e. The number of aromatic amines is 2. The highest BCUT2D eigenvalue weighted by molar-refractivity contribution is 5.96. The average Bonchev–Trinajstić information content (AvgIpc) is 3.67. The summed E-state index contributed by atoms with van der Waals surface area (Å²) in [6, 6.07) is 7.86. The number of aryl methyl sites for hydroxylation is 2. The molecule has 10 heteroatoms. The molecule has 0 amide bonds. The highest BCUT2D eigenvalue weighted by Crippen LogP contribution is 2.39. The maximum atomic E-state index is 12.3. The summed E-state index contributed by atoms with van der Waals surface area (Å²) in [5, 5.41) is 19.2. The Kier molecular flexibility index (Phi) is 10.4. The number of carbonyl (C=O) groups excluding carboxylic acids is 2. The van der Waals surface area contributed by atoms with Gasteiger partial charge in [-0.05, 0) is 135 Å². The van der Waals surface area contributed by atoms with Crippen molar-refractivity contribution in [2.24, 2.45) is 0 Å². The van der Waals surface area contributed by atoms with E-state index in [0.717, 1.165) is 66.6 Å². The van der Waals surface area contributed by atoms with Gasteiger partial charge in [-0.3, -0.25) is 9.59 Å². The smallest absolute Gasteiger partial charge is 0.303 e. The number of nitrogens with one attached hydrogen (secondary N) is 2. The van der Waals surface area contributed by atoms with Crippen molar-refractivity contribution < 1.29 is 29.4 Å². The van der Waals surface area contributed by atoms with Gasteiger partial charge in [-0.1, -0.05) is 13.8 Å². The minimum absolute atomic E-state index is 0.0705. The van der Waals surface area contributed by atoms with Crippen molar-refractivity contribution >= 4 is 67.9 Å². The van der Waals surface area contributed by atoms with E-state index in [2.05, 4.69) is 23.0 Å². The zero-order valence-corrected chi connectivity index (χ0v) is 30.1. The van der Waals surface area contributed by atoms with Gasteiger partial charge in [0, 0.05) is 47.8 Å². The summed E-state index contributed by atoms with van der Waals surface area (Å²) < 4.78 is 0. The Morgan fingerprint density at radius 1 is 0.600 bits per heavy atom. The largest absolute Gasteiger partial charge is 0.481 e. The van der Waals surface area contributed by atoms with Crippen LogP contribution in [0.2, 0.25) is 0 Å². The Balaban J connectivity index is 1.96. The second-order valence-corrected chi connectivity index (χ2v) is 13.9. The minimum atomic E-state index is -0.917. The van der Waals surface area contributed by atoms with E-state index in [1.54, 1.807) is 13.8 Å². The second-order valence-electron chi connectivity index (χ2n) is 13.9. The topological polar surface area (TPSA) is 166 Å². The Labute approximate surface area is 291 Å². The molecule has 5 rings (SSSR count). The number of H-pyrrole nitrogens is 2. The van der Waals surface area contributed by atoms with E-state index >= 15 is 0 Å². The van der Waals surface area contributed by atoms with E-state index in [0.29, 0.717) is 35.6 Å². The van der Waals surface area contributed by atoms with Crippen molar-refractivity contribution in [3.63, 3.8) is 0 Å². The van der Waals surface area contributed by atoms with Gasteiger partial charge in [0.1, 0.15) is 11.6 Å². The molecule has 2 unspecified atom stereocenters. The fourth-order valence-corrected chi connectivity index (χ4v) is 7.58. The molecule has 0 aliphatic carbocycles. The SMILES string of the molecule is CC(=O)CC(C)c1c(C)c2cc3[nH]c(cc4nc(cc5nc(cc1[nH]2)C(C)=C5CCC(=O)O)C(CCC(=O)O)=C4C)c(C)c3C(C)CC(C)=O. The van der Waals surface area contributed by atoms with E-state index < -0.39 is 11.9 Å². The molecule has 2 atom stereocenters. The zero-order valence-electron chi connectivity index (χ0n) is 30.1. The third-order valence-electron chi connectivity index (χ3n) is 9.98. The molecule has 5 heterocycles. The van der Waals surface area contributed by atoms with Gasteiger partial charge in [0.25, 0.3) is 0 Å². The number of aromatic nitrogens is 4. The Morgan fingerprint density at radius 3 is 1.38 bits per heavy atom. The van der Waals surface area contributed by atoms with E-state index in [-0.39, 0.29) is 49.1 Å². The van der Waals surface area contributed by atoms with Crippen molar-refractivity contribution in [2.45, 2.75) is 106 Å². The van der Waals surface area contributed by atoms with Gasteiger partial charge >= 0.3 is 11.9 Å². The number of carbonyl (C=O) groups is 4. The van der Waals surface area contributed by atoms with Crippen LogP contribution >= 0.6 is 0 Å². The van der Waals surface area contributed by atoms with Crippen molar-refractivity contribution in [3.8, 4) is 0 Å². The van der Waals surface area contributed by atoms with Crippen molar-refractivity contribution in [2.75, 3.05) is 0 Å². The standard InChI is InChI=1S/C40H46N4O6/c1-19(13-21(3)45)39-25(7)31-15-29-23(5)27(9-11-37(47)48)33(41-29)18-34-28(10-12-38(49)50)24(6)30(42-34)16-35-40(20(2)14-22(4)46)26(8)32(44-35)17-36(39)43-31/h15-20,43-44H,9-14H2,1-8H3,(H,47,48)(H,49,50). The Hall–Kier alpha value is -5.12. The molecule has 50 heavy (non-hydrogen) atoms. The third kappa shape index (κ3) is 7.39. The number of nitrogens with zero attached hydrogens (tertiary/aromatic N) is 2. The molecule has 262 valence electrons. The molecule has 0 saturated carbocycles. The quantitative estimate of drug-likeness (QED) is 0.148. The zero-order chi connectivity index (χ0) is 36.6. The summed E-state index contributed by atoms with van der Waals surface area (Å²) >= 11 is 0. The highest BCUT2D eigenvalue weighted by Gasteiger charge is 2.24. The summed E-state index contributed by atoms with van der Waals surface area (Å²) in [4.78, 5) is 65.3. The van der Waals surface area contributed by atoms with Gasteiger partial charge < -0.3 is 29.8 Å². The summed E-state index contributed by atoms with van der Waals surface area (Å²) in [5.41, 5.74) is 13.2. The van der Waals surface area contributed by atoms with Crippen molar-refractivity contribution in [3.05, 3.63) is 69.3 Å². The molecule has 0 aromatic carbocycles. The lowest BCUT2D eigenvalue weighted by Crippen LogP contribution is -2.01. The van der Waals surface area contributed by atoms with Crippen molar-refractivity contribution in [1.29, 1.82) is 0 Å². The summed E-state index contributed by atoms with van der Waals surface area (Å²) in [6.45, 7) is 15.2. The lowest BCUT2D eigenvalue weighted by molar-refractivity contribution is -0.137. The third-order valence-corrected chi connectivity index (χ3v) is 9.98. The van der Waals surface area contributed by atoms with Gasteiger partial charge in [-0.15, -0.1) is 0 Å². The van der Waals surface area contributed by atoms with Crippen LogP contribution in [-0.4, -0.2) is 53.7 Å². The van der Waals surface area contributed by atoms with Crippen LogP contribution in [0, 0.1) is 13.8 Å². The summed E-state index contributed by atoms with van der Waals surface area (Å²) in [5.74, 6) is -1.82. The first-order valence-electron chi connectivity index (χ1n) is 17.1. The number of aliphatic carboxylic acids is 2. The molecule has 0 radical (unpaired) electrons. The van der Waals surface area contributed by atoms with Crippen LogP contribution in [-0.2, 0) is 19.2 Å². The molecular weight excluding hydrogens is 632 g/mol. The molecule has 2 aliphatic heterocycles. The Morgan fingerprint density at radius 2 is 0.980 bits per heavy atom. The van der Waals surface area contributed by atoms with Crippen LogP contribution in [0.4, 0.5) is 0 Å². The molecular formula is C40H46N4O6.